The van der Waals surface area contributed by atoms with Crippen molar-refractivity contribution in [3.8, 4) is 0 Å². The van der Waals surface area contributed by atoms with Gasteiger partial charge in [0.1, 0.15) is 0 Å². The van der Waals surface area contributed by atoms with Gasteiger partial charge in [0.15, 0.2) is 0 Å². The monoisotopic (exact) mass is 229 g/mol. The Morgan fingerprint density at radius 1 is 1.35 bits per heavy atom. The number of nitrogens with zero attached hydrogens (tertiary/aromatic N) is 1. The second kappa shape index (κ2) is 4.13. The molecule has 0 saturated heterocycles. The zero-order valence-electron chi connectivity index (χ0n) is 9.01. The molecule has 0 radical (unpaired) electrons. The summed E-state index contributed by atoms with van der Waals surface area (Å²) in [5.41, 5.74) is 8.78. The minimum Gasteiger partial charge on any atom is -0.366 e. The Kier molecular flexibility index (Phi) is 2.66. The van der Waals surface area contributed by atoms with Gasteiger partial charge in [0.05, 0.1) is 11.1 Å². The fourth-order valence-corrected chi connectivity index (χ4v) is 1.65. The summed E-state index contributed by atoms with van der Waals surface area (Å²) in [5.74, 6) is -0.898. The largest absolute Gasteiger partial charge is 0.366 e. The lowest BCUT2D eigenvalue weighted by Crippen LogP contribution is -2.21. The number of primary amides is 1. The Hall–Kier alpha value is -2.56. The Balaban J connectivity index is 2.61. The van der Waals surface area contributed by atoms with Crippen LogP contribution in [-0.4, -0.2) is 16.5 Å². The molecule has 0 unspecified atom stereocenters. The third-order valence-corrected chi connectivity index (χ3v) is 2.39. The van der Waals surface area contributed by atoms with E-state index in [1.165, 1.54) is 4.68 Å². The van der Waals surface area contributed by atoms with Crippen molar-refractivity contribution in [3.05, 3.63) is 48.7 Å². The molecule has 0 fully saturated rings. The highest BCUT2D eigenvalue weighted by Gasteiger charge is 2.11. The van der Waals surface area contributed by atoms with Gasteiger partial charge in [-0.3, -0.25) is 19.7 Å². The van der Waals surface area contributed by atoms with Gasteiger partial charge in [-0.2, -0.15) is 0 Å². The fourth-order valence-electron chi connectivity index (χ4n) is 1.65. The van der Waals surface area contributed by atoms with Gasteiger partial charge in [-0.25, -0.2) is 0 Å². The van der Waals surface area contributed by atoms with Crippen LogP contribution in [0.1, 0.15) is 10.4 Å². The van der Waals surface area contributed by atoms with E-state index in [4.69, 9.17) is 5.73 Å². The number of hydrogen-bond acceptors (Lipinski definition) is 2. The molecule has 0 atom stereocenters. The first-order chi connectivity index (χ1) is 8.13. The lowest BCUT2D eigenvalue weighted by atomic mass is 10.1. The number of carbonyl (C=O) groups excluding carboxylic acids is 2. The van der Waals surface area contributed by atoms with E-state index in [1.54, 1.807) is 24.4 Å². The molecule has 0 aliphatic heterocycles. The maximum atomic E-state index is 11.3. The van der Waals surface area contributed by atoms with Crippen molar-refractivity contribution in [1.29, 1.82) is 0 Å². The van der Waals surface area contributed by atoms with Crippen LogP contribution in [0.15, 0.2) is 43.1 Å². The topological polar surface area (TPSA) is 77.1 Å². The number of fused-ring (bicyclic) bond motifs is 1. The molecule has 3 N–H and O–H groups in total. The molecule has 1 aromatic carbocycles. The van der Waals surface area contributed by atoms with Crippen LogP contribution in [0.4, 0.5) is 0 Å². The van der Waals surface area contributed by atoms with E-state index in [0.29, 0.717) is 11.1 Å². The summed E-state index contributed by atoms with van der Waals surface area (Å²) in [6, 6.07) is 6.97. The SMILES string of the molecule is C=CC(=O)Nn1ccc2cccc(C(N)=O)c21. The lowest BCUT2D eigenvalue weighted by molar-refractivity contribution is -0.112. The summed E-state index contributed by atoms with van der Waals surface area (Å²) in [4.78, 5) is 22.5. The summed E-state index contributed by atoms with van der Waals surface area (Å²) in [5, 5.41) is 0.825. The van der Waals surface area contributed by atoms with E-state index >= 15 is 0 Å². The van der Waals surface area contributed by atoms with Gasteiger partial charge in [-0.05, 0) is 18.2 Å². The predicted octanol–water partition coefficient (Wildman–Crippen LogP) is 0.996. The first-order valence-electron chi connectivity index (χ1n) is 4.97. The maximum Gasteiger partial charge on any atom is 0.262 e. The van der Waals surface area contributed by atoms with Crippen LogP contribution in [0, 0.1) is 0 Å². The Labute approximate surface area is 97.5 Å². The zero-order valence-corrected chi connectivity index (χ0v) is 9.01. The van der Waals surface area contributed by atoms with Crippen LogP contribution >= 0.6 is 0 Å². The summed E-state index contributed by atoms with van der Waals surface area (Å²) in [6.07, 6.45) is 2.80. The predicted molar refractivity (Wildman–Crippen MR) is 65.0 cm³/mol. The number of carbonyl (C=O) groups is 2. The zero-order chi connectivity index (χ0) is 12.4. The smallest absolute Gasteiger partial charge is 0.262 e. The van der Waals surface area contributed by atoms with Gasteiger partial charge in [0, 0.05) is 11.6 Å². The van der Waals surface area contributed by atoms with Gasteiger partial charge in [-0.1, -0.05) is 18.7 Å². The molecule has 0 bridgehead atoms. The van der Waals surface area contributed by atoms with E-state index in [1.807, 2.05) is 6.07 Å². The highest BCUT2D eigenvalue weighted by molar-refractivity contribution is 6.06. The van der Waals surface area contributed by atoms with E-state index in [-0.39, 0.29) is 5.91 Å². The molecule has 86 valence electrons. The number of benzene rings is 1. The summed E-state index contributed by atoms with van der Waals surface area (Å²) < 4.78 is 1.46. The van der Waals surface area contributed by atoms with Crippen LogP contribution in [0.25, 0.3) is 10.9 Å². The summed E-state index contributed by atoms with van der Waals surface area (Å²) in [7, 11) is 0. The van der Waals surface area contributed by atoms with Crippen molar-refractivity contribution >= 4 is 22.7 Å². The number of nitrogens with two attached hydrogens (primary N) is 1. The third kappa shape index (κ3) is 1.90. The molecule has 5 heteroatoms. The van der Waals surface area contributed by atoms with Crippen molar-refractivity contribution in [3.63, 3.8) is 0 Å². The van der Waals surface area contributed by atoms with Crippen LogP contribution in [-0.2, 0) is 4.79 Å². The highest BCUT2D eigenvalue weighted by atomic mass is 16.2. The molecule has 0 spiro atoms. The molecule has 2 rings (SSSR count). The van der Waals surface area contributed by atoms with Gasteiger partial charge in [-0.15, -0.1) is 0 Å². The van der Waals surface area contributed by atoms with E-state index in [9.17, 15) is 9.59 Å². The summed E-state index contributed by atoms with van der Waals surface area (Å²) in [6.45, 7) is 3.36. The standard InChI is InChI=1S/C12H11N3O2/c1-2-10(16)14-15-7-6-8-4-3-5-9(11(8)15)12(13)17/h2-7H,1H2,(H2,13,17)(H,14,16). The molecule has 0 saturated carbocycles. The first-order valence-corrected chi connectivity index (χ1v) is 4.97. The van der Waals surface area contributed by atoms with Crippen molar-refractivity contribution in [2.45, 2.75) is 0 Å². The van der Waals surface area contributed by atoms with Gasteiger partial charge in [0.2, 0.25) is 0 Å². The van der Waals surface area contributed by atoms with Crippen LogP contribution in [0.2, 0.25) is 0 Å². The average Bonchev–Trinajstić information content (AvgIpc) is 2.72. The van der Waals surface area contributed by atoms with Crippen molar-refractivity contribution < 1.29 is 9.59 Å². The minimum atomic E-state index is -0.539. The van der Waals surface area contributed by atoms with Crippen molar-refractivity contribution in [2.75, 3.05) is 5.43 Å². The second-order valence-corrected chi connectivity index (χ2v) is 3.47. The molecular formula is C12H11N3O2. The number of rotatable bonds is 3. The minimum absolute atomic E-state index is 0.358. The van der Waals surface area contributed by atoms with Gasteiger partial charge < -0.3 is 5.73 Å². The number of nitrogens with one attached hydrogen (secondary N) is 1. The maximum absolute atomic E-state index is 11.3. The number of aromatic nitrogens is 1. The molecular weight excluding hydrogens is 218 g/mol. The summed E-state index contributed by atoms with van der Waals surface area (Å²) >= 11 is 0. The first kappa shape index (κ1) is 10.9. The normalized spacial score (nSPS) is 10.1. The molecule has 17 heavy (non-hydrogen) atoms. The molecule has 5 nitrogen and oxygen atoms in total. The Morgan fingerprint density at radius 2 is 2.12 bits per heavy atom. The molecule has 2 aromatic rings. The van der Waals surface area contributed by atoms with E-state index in [2.05, 4.69) is 12.0 Å². The van der Waals surface area contributed by atoms with Crippen molar-refractivity contribution in [1.82, 2.24) is 4.68 Å². The number of para-hydroxylation sites is 1. The molecule has 1 aromatic heterocycles. The van der Waals surface area contributed by atoms with E-state index in [0.717, 1.165) is 11.5 Å². The fraction of sp³-hybridized carbons (Fsp3) is 0. The van der Waals surface area contributed by atoms with E-state index < -0.39 is 5.91 Å². The van der Waals surface area contributed by atoms with Crippen LogP contribution in [0.3, 0.4) is 0 Å². The van der Waals surface area contributed by atoms with Crippen molar-refractivity contribution in [2.24, 2.45) is 5.73 Å². The lowest BCUT2D eigenvalue weighted by Gasteiger charge is -2.07. The third-order valence-electron chi connectivity index (χ3n) is 2.39. The quantitative estimate of drug-likeness (QED) is 0.770. The molecule has 2 amide bonds. The van der Waals surface area contributed by atoms with Crippen LogP contribution < -0.4 is 11.2 Å². The van der Waals surface area contributed by atoms with Gasteiger partial charge >= 0.3 is 0 Å². The molecule has 1 heterocycles. The average molecular weight is 229 g/mol. The van der Waals surface area contributed by atoms with Crippen LogP contribution in [0.5, 0.6) is 0 Å². The Bertz CT molecular complexity index is 613. The second-order valence-electron chi connectivity index (χ2n) is 3.47. The molecule has 0 aliphatic carbocycles. The number of amides is 2. The molecule has 0 aliphatic rings. The number of hydrogen-bond donors (Lipinski definition) is 2. The highest BCUT2D eigenvalue weighted by Crippen LogP contribution is 2.18. The van der Waals surface area contributed by atoms with Gasteiger partial charge in [0.25, 0.3) is 11.8 Å². The Morgan fingerprint density at radius 3 is 2.76 bits per heavy atom.